The minimum atomic E-state index is 0.181. The van der Waals surface area contributed by atoms with E-state index in [9.17, 15) is 4.79 Å². The molecule has 0 spiro atoms. The molecule has 1 aliphatic heterocycles. The molecule has 4 rings (SSSR count). The van der Waals surface area contributed by atoms with E-state index in [1.54, 1.807) is 0 Å². The van der Waals surface area contributed by atoms with Crippen LogP contribution in [0.5, 0.6) is 0 Å². The van der Waals surface area contributed by atoms with Crippen molar-refractivity contribution < 1.29 is 4.79 Å². The third-order valence-corrected chi connectivity index (χ3v) is 5.64. The molecular weight excluding hydrogens is 338 g/mol. The Hall–Kier alpha value is -1.45. The van der Waals surface area contributed by atoms with Gasteiger partial charge in [-0.05, 0) is 30.2 Å². The second-order valence-electron chi connectivity index (χ2n) is 6.29. The standard InChI is InChI=1S/C19H18BrNO/c20-17-8-4-7-14-16-12-21(11-13-5-2-1-3-6-13)10-9-15(16)19(22)18(14)17/h1-8,15-16H,9-12H2/t15-,16-/m0/s1. The highest BCUT2D eigenvalue weighted by molar-refractivity contribution is 9.10. The summed E-state index contributed by atoms with van der Waals surface area (Å²) in [4.78, 5) is 15.2. The lowest BCUT2D eigenvalue weighted by atomic mass is 9.85. The van der Waals surface area contributed by atoms with Crippen LogP contribution in [0, 0.1) is 5.92 Å². The van der Waals surface area contributed by atoms with Crippen molar-refractivity contribution >= 4 is 21.7 Å². The SMILES string of the molecule is O=C1c2c(Br)cccc2[C@@H]2CN(Cc3ccccc3)CC[C@H]12. The normalized spacial score (nSPS) is 24.1. The second-order valence-corrected chi connectivity index (χ2v) is 7.15. The van der Waals surface area contributed by atoms with Gasteiger partial charge in [0.25, 0.3) is 0 Å². The fourth-order valence-electron chi connectivity index (χ4n) is 3.93. The summed E-state index contributed by atoms with van der Waals surface area (Å²) < 4.78 is 0.957. The highest BCUT2D eigenvalue weighted by Gasteiger charge is 2.43. The van der Waals surface area contributed by atoms with Gasteiger partial charge in [0.15, 0.2) is 5.78 Å². The minimum Gasteiger partial charge on any atom is -0.298 e. The number of likely N-dealkylation sites (tertiary alicyclic amines) is 1. The smallest absolute Gasteiger partial charge is 0.168 e. The number of ketones is 1. The lowest BCUT2D eigenvalue weighted by molar-refractivity contribution is 0.0834. The number of carbonyl (C=O) groups is 1. The van der Waals surface area contributed by atoms with Crippen LogP contribution >= 0.6 is 15.9 Å². The zero-order valence-corrected chi connectivity index (χ0v) is 13.9. The minimum absolute atomic E-state index is 0.181. The van der Waals surface area contributed by atoms with Crippen molar-refractivity contribution in [2.75, 3.05) is 13.1 Å². The average molecular weight is 356 g/mol. The van der Waals surface area contributed by atoms with Crippen LogP contribution < -0.4 is 0 Å². The van der Waals surface area contributed by atoms with Gasteiger partial charge in [-0.25, -0.2) is 0 Å². The zero-order valence-electron chi connectivity index (χ0n) is 12.3. The summed E-state index contributed by atoms with van der Waals surface area (Å²) in [7, 11) is 0. The van der Waals surface area contributed by atoms with Gasteiger partial charge >= 0.3 is 0 Å². The summed E-state index contributed by atoms with van der Waals surface area (Å²) in [5.41, 5.74) is 3.51. The van der Waals surface area contributed by atoms with Gasteiger partial charge in [-0.3, -0.25) is 9.69 Å². The van der Waals surface area contributed by atoms with E-state index in [1.807, 2.05) is 6.07 Å². The van der Waals surface area contributed by atoms with Crippen molar-refractivity contribution in [3.63, 3.8) is 0 Å². The fraction of sp³-hybridized carbons (Fsp3) is 0.316. The molecule has 112 valence electrons. The Morgan fingerprint density at radius 3 is 2.68 bits per heavy atom. The molecule has 0 amide bonds. The van der Waals surface area contributed by atoms with E-state index >= 15 is 0 Å². The summed E-state index contributed by atoms with van der Waals surface area (Å²) in [5, 5.41) is 0. The fourth-order valence-corrected chi connectivity index (χ4v) is 4.51. The molecule has 1 aliphatic carbocycles. The Bertz CT molecular complexity index is 713. The maximum atomic E-state index is 12.7. The van der Waals surface area contributed by atoms with Crippen LogP contribution in [-0.4, -0.2) is 23.8 Å². The molecule has 2 aromatic carbocycles. The van der Waals surface area contributed by atoms with Crippen molar-refractivity contribution in [2.24, 2.45) is 5.92 Å². The van der Waals surface area contributed by atoms with Crippen molar-refractivity contribution in [1.82, 2.24) is 4.90 Å². The van der Waals surface area contributed by atoms with Crippen LogP contribution in [-0.2, 0) is 6.54 Å². The Morgan fingerprint density at radius 1 is 1.05 bits per heavy atom. The van der Waals surface area contributed by atoms with E-state index < -0.39 is 0 Å². The van der Waals surface area contributed by atoms with Gasteiger partial charge in [-0.2, -0.15) is 0 Å². The maximum absolute atomic E-state index is 12.7. The molecule has 0 aromatic heterocycles. The molecular formula is C19H18BrNO. The lowest BCUT2D eigenvalue weighted by Gasteiger charge is -2.34. The van der Waals surface area contributed by atoms with Gasteiger partial charge in [0.05, 0.1) is 0 Å². The second kappa shape index (κ2) is 5.64. The molecule has 0 saturated carbocycles. The first-order valence-corrected chi connectivity index (χ1v) is 8.62. The first kappa shape index (κ1) is 14.2. The highest BCUT2D eigenvalue weighted by atomic mass is 79.9. The van der Waals surface area contributed by atoms with Gasteiger partial charge in [-0.1, -0.05) is 58.4 Å². The van der Waals surface area contributed by atoms with Crippen LogP contribution in [0.3, 0.4) is 0 Å². The Morgan fingerprint density at radius 2 is 1.86 bits per heavy atom. The van der Waals surface area contributed by atoms with Crippen molar-refractivity contribution in [1.29, 1.82) is 0 Å². The molecule has 0 radical (unpaired) electrons. The molecule has 2 atom stereocenters. The number of carbonyl (C=O) groups excluding carboxylic acids is 1. The molecule has 2 aliphatic rings. The molecule has 3 heteroatoms. The third-order valence-electron chi connectivity index (χ3n) is 4.97. The van der Waals surface area contributed by atoms with E-state index in [0.717, 1.165) is 36.1 Å². The van der Waals surface area contributed by atoms with Gasteiger partial charge in [0.2, 0.25) is 0 Å². The number of hydrogen-bond acceptors (Lipinski definition) is 2. The van der Waals surface area contributed by atoms with E-state index in [-0.39, 0.29) is 5.92 Å². The van der Waals surface area contributed by atoms with Crippen LogP contribution in [0.25, 0.3) is 0 Å². The highest BCUT2D eigenvalue weighted by Crippen LogP contribution is 2.45. The number of rotatable bonds is 2. The summed E-state index contributed by atoms with van der Waals surface area (Å²) in [6, 6.07) is 16.8. The molecule has 2 nitrogen and oxygen atoms in total. The number of halogens is 1. The van der Waals surface area contributed by atoms with Gasteiger partial charge in [-0.15, -0.1) is 0 Å². The summed E-state index contributed by atoms with van der Waals surface area (Å²) in [6.07, 6.45) is 0.970. The Kier molecular flexibility index (Phi) is 3.63. The van der Waals surface area contributed by atoms with Gasteiger partial charge in [0, 0.05) is 35.0 Å². The zero-order chi connectivity index (χ0) is 15.1. The number of fused-ring (bicyclic) bond motifs is 3. The predicted octanol–water partition coefficient (Wildman–Crippen LogP) is 4.25. The van der Waals surface area contributed by atoms with Gasteiger partial charge in [0.1, 0.15) is 0 Å². The van der Waals surface area contributed by atoms with E-state index in [0.29, 0.717) is 11.7 Å². The lowest BCUT2D eigenvalue weighted by Crippen LogP contribution is -2.38. The maximum Gasteiger partial charge on any atom is 0.168 e. The van der Waals surface area contributed by atoms with Crippen LogP contribution in [0.2, 0.25) is 0 Å². The quantitative estimate of drug-likeness (QED) is 0.802. The monoisotopic (exact) mass is 355 g/mol. The van der Waals surface area contributed by atoms with E-state index in [1.165, 1.54) is 11.1 Å². The Balaban J connectivity index is 1.59. The summed E-state index contributed by atoms with van der Waals surface area (Å²) >= 11 is 3.56. The van der Waals surface area contributed by atoms with Crippen molar-refractivity contribution in [3.8, 4) is 0 Å². The number of nitrogens with zero attached hydrogens (tertiary/aromatic N) is 1. The van der Waals surface area contributed by atoms with E-state index in [2.05, 4.69) is 63.3 Å². The van der Waals surface area contributed by atoms with E-state index in [4.69, 9.17) is 0 Å². The van der Waals surface area contributed by atoms with Crippen LogP contribution in [0.4, 0.5) is 0 Å². The number of Topliss-reactive ketones (excluding diaryl/α,β-unsaturated/α-hetero) is 1. The van der Waals surface area contributed by atoms with Crippen LogP contribution in [0.1, 0.15) is 33.8 Å². The average Bonchev–Trinajstić information content (AvgIpc) is 2.82. The predicted molar refractivity (Wildman–Crippen MR) is 91.0 cm³/mol. The first-order chi connectivity index (χ1) is 10.7. The largest absolute Gasteiger partial charge is 0.298 e. The van der Waals surface area contributed by atoms with Crippen molar-refractivity contribution in [3.05, 3.63) is 69.7 Å². The van der Waals surface area contributed by atoms with Gasteiger partial charge < -0.3 is 0 Å². The Labute approximate surface area is 139 Å². The molecule has 0 N–H and O–H groups in total. The third kappa shape index (κ3) is 2.33. The van der Waals surface area contributed by atoms with Crippen LogP contribution in [0.15, 0.2) is 53.0 Å². The van der Waals surface area contributed by atoms with Crippen molar-refractivity contribution in [2.45, 2.75) is 18.9 Å². The number of hydrogen-bond donors (Lipinski definition) is 0. The molecule has 0 bridgehead atoms. The molecule has 1 saturated heterocycles. The number of benzene rings is 2. The molecule has 1 fully saturated rings. The first-order valence-electron chi connectivity index (χ1n) is 7.83. The summed E-state index contributed by atoms with van der Waals surface area (Å²) in [5.74, 6) is 0.880. The molecule has 22 heavy (non-hydrogen) atoms. The molecule has 2 aromatic rings. The molecule has 0 unspecified atom stereocenters. The summed E-state index contributed by atoms with van der Waals surface area (Å²) in [6.45, 7) is 2.96. The molecule has 1 heterocycles. The number of piperidine rings is 1. The topological polar surface area (TPSA) is 20.3 Å².